The van der Waals surface area contributed by atoms with E-state index in [-0.39, 0.29) is 11.7 Å². The average Bonchev–Trinajstić information content (AvgIpc) is 2.11. The first-order valence-electron chi connectivity index (χ1n) is 3.67. The maximum Gasteiger partial charge on any atom is 0.318 e. The Hall–Kier alpha value is -1.78. The topological polar surface area (TPSA) is 67.2 Å². The number of benzene rings is 1. The highest BCUT2D eigenvalue weighted by Gasteiger charge is 2.01. The number of hydrogen-bond donors (Lipinski definition) is 3. The number of urea groups is 1. The third-order valence-corrected chi connectivity index (χ3v) is 1.48. The van der Waals surface area contributed by atoms with Crippen LogP contribution in [0.25, 0.3) is 0 Å². The molecule has 4 N–H and O–H groups in total. The van der Waals surface area contributed by atoms with Gasteiger partial charge in [0, 0.05) is 12.7 Å². The van der Waals surface area contributed by atoms with Crippen molar-refractivity contribution in [3.8, 4) is 0 Å². The molecular formula is C8H10FN3O. The van der Waals surface area contributed by atoms with Crippen molar-refractivity contribution in [1.82, 2.24) is 5.32 Å². The molecule has 5 heteroatoms. The molecule has 0 heterocycles. The van der Waals surface area contributed by atoms with Gasteiger partial charge in [-0.15, -0.1) is 0 Å². The summed E-state index contributed by atoms with van der Waals surface area (Å²) in [5.74, 6) is -0.498. The van der Waals surface area contributed by atoms with Gasteiger partial charge < -0.3 is 16.4 Å². The van der Waals surface area contributed by atoms with Crippen molar-refractivity contribution >= 4 is 17.4 Å². The molecule has 0 bridgehead atoms. The van der Waals surface area contributed by atoms with E-state index in [9.17, 15) is 9.18 Å². The molecule has 0 saturated carbocycles. The summed E-state index contributed by atoms with van der Waals surface area (Å²) in [6.45, 7) is 0. The lowest BCUT2D eigenvalue weighted by atomic mass is 10.3. The molecule has 4 nitrogen and oxygen atoms in total. The van der Waals surface area contributed by atoms with Crippen molar-refractivity contribution in [1.29, 1.82) is 0 Å². The highest BCUT2D eigenvalue weighted by atomic mass is 19.1. The molecular weight excluding hydrogens is 173 g/mol. The fourth-order valence-electron chi connectivity index (χ4n) is 0.815. The number of carbonyl (C=O) groups is 1. The van der Waals surface area contributed by atoms with Crippen molar-refractivity contribution in [3.05, 3.63) is 24.0 Å². The second-order valence-corrected chi connectivity index (χ2v) is 2.44. The predicted molar refractivity (Wildman–Crippen MR) is 48.9 cm³/mol. The molecule has 1 aromatic rings. The average molecular weight is 183 g/mol. The van der Waals surface area contributed by atoms with Crippen molar-refractivity contribution in [2.45, 2.75) is 0 Å². The molecule has 0 aliphatic rings. The summed E-state index contributed by atoms with van der Waals surface area (Å²) >= 11 is 0. The van der Waals surface area contributed by atoms with Gasteiger partial charge in [0.2, 0.25) is 0 Å². The Balaban J connectivity index is 2.79. The number of amides is 2. The molecule has 0 aliphatic carbocycles. The predicted octanol–water partition coefficient (Wildman–Crippen LogP) is 1.16. The fourth-order valence-corrected chi connectivity index (χ4v) is 0.815. The van der Waals surface area contributed by atoms with Crippen LogP contribution in [0.3, 0.4) is 0 Å². The summed E-state index contributed by atoms with van der Waals surface area (Å²) in [6.07, 6.45) is 0. The van der Waals surface area contributed by atoms with Crippen LogP contribution in [0.1, 0.15) is 0 Å². The Bertz CT molecular complexity index is 327. The standard InChI is InChI=1S/C8H10FN3O/c1-11-8(13)12-5-2-3-6(9)7(10)4-5/h2-4H,10H2,1H3,(H2,11,12,13). The molecule has 0 saturated heterocycles. The molecule has 70 valence electrons. The first kappa shape index (κ1) is 9.31. The summed E-state index contributed by atoms with van der Waals surface area (Å²) in [6, 6.07) is 3.61. The highest BCUT2D eigenvalue weighted by Crippen LogP contribution is 2.15. The zero-order chi connectivity index (χ0) is 9.84. The summed E-state index contributed by atoms with van der Waals surface area (Å²) in [7, 11) is 1.49. The van der Waals surface area contributed by atoms with Gasteiger partial charge in [-0.25, -0.2) is 9.18 Å². The lowest BCUT2D eigenvalue weighted by Crippen LogP contribution is -2.24. The van der Waals surface area contributed by atoms with Gasteiger partial charge in [0.05, 0.1) is 5.69 Å². The second kappa shape index (κ2) is 3.75. The van der Waals surface area contributed by atoms with E-state index in [0.717, 1.165) is 0 Å². The fraction of sp³-hybridized carbons (Fsp3) is 0.125. The number of anilines is 2. The van der Waals surface area contributed by atoms with Crippen LogP contribution in [0.2, 0.25) is 0 Å². The normalized spacial score (nSPS) is 9.38. The largest absolute Gasteiger partial charge is 0.396 e. The van der Waals surface area contributed by atoms with Crippen LogP contribution in [0.5, 0.6) is 0 Å². The Morgan fingerprint density at radius 1 is 1.54 bits per heavy atom. The lowest BCUT2D eigenvalue weighted by Gasteiger charge is -2.04. The molecule has 2 amide bonds. The molecule has 0 aliphatic heterocycles. The highest BCUT2D eigenvalue weighted by molar-refractivity contribution is 5.89. The second-order valence-electron chi connectivity index (χ2n) is 2.44. The van der Waals surface area contributed by atoms with E-state index >= 15 is 0 Å². The summed E-state index contributed by atoms with van der Waals surface area (Å²) in [4.78, 5) is 10.8. The van der Waals surface area contributed by atoms with E-state index in [0.29, 0.717) is 5.69 Å². The zero-order valence-corrected chi connectivity index (χ0v) is 7.10. The van der Waals surface area contributed by atoms with E-state index < -0.39 is 5.82 Å². The number of halogens is 1. The molecule has 0 atom stereocenters. The minimum atomic E-state index is -0.498. The van der Waals surface area contributed by atoms with E-state index in [2.05, 4.69) is 10.6 Å². The molecule has 0 unspecified atom stereocenters. The van der Waals surface area contributed by atoms with Crippen LogP contribution in [0.4, 0.5) is 20.6 Å². The molecule has 0 aromatic heterocycles. The van der Waals surface area contributed by atoms with Gasteiger partial charge in [0.15, 0.2) is 0 Å². The third kappa shape index (κ3) is 2.33. The van der Waals surface area contributed by atoms with Crippen molar-refractivity contribution in [3.63, 3.8) is 0 Å². The van der Waals surface area contributed by atoms with Gasteiger partial charge in [0.1, 0.15) is 5.82 Å². The monoisotopic (exact) mass is 183 g/mol. The number of nitrogens with one attached hydrogen (secondary N) is 2. The smallest absolute Gasteiger partial charge is 0.318 e. The van der Waals surface area contributed by atoms with E-state index in [1.165, 1.54) is 25.2 Å². The molecule has 1 aromatic carbocycles. The van der Waals surface area contributed by atoms with E-state index in [1.807, 2.05) is 0 Å². The number of rotatable bonds is 1. The first-order valence-corrected chi connectivity index (χ1v) is 3.67. The maximum absolute atomic E-state index is 12.7. The molecule has 1 rings (SSSR count). The van der Waals surface area contributed by atoms with Gasteiger partial charge in [-0.1, -0.05) is 0 Å². The zero-order valence-electron chi connectivity index (χ0n) is 7.10. The maximum atomic E-state index is 12.7. The number of carbonyl (C=O) groups excluding carboxylic acids is 1. The lowest BCUT2D eigenvalue weighted by molar-refractivity contribution is 0.254. The van der Waals surface area contributed by atoms with Gasteiger partial charge in [-0.3, -0.25) is 0 Å². The summed E-state index contributed by atoms with van der Waals surface area (Å²) in [5, 5.41) is 4.83. The molecule has 0 spiro atoms. The van der Waals surface area contributed by atoms with E-state index in [1.54, 1.807) is 0 Å². The minimum Gasteiger partial charge on any atom is -0.396 e. The minimum absolute atomic E-state index is 0.00824. The van der Waals surface area contributed by atoms with Crippen LogP contribution in [-0.4, -0.2) is 13.1 Å². The Labute approximate surface area is 74.9 Å². The molecule has 0 radical (unpaired) electrons. The van der Waals surface area contributed by atoms with Crippen molar-refractivity contribution < 1.29 is 9.18 Å². The summed E-state index contributed by atoms with van der Waals surface area (Å²) in [5.41, 5.74) is 5.76. The Morgan fingerprint density at radius 3 is 2.77 bits per heavy atom. The van der Waals surface area contributed by atoms with Crippen LogP contribution in [-0.2, 0) is 0 Å². The van der Waals surface area contributed by atoms with Crippen LogP contribution < -0.4 is 16.4 Å². The van der Waals surface area contributed by atoms with E-state index in [4.69, 9.17) is 5.73 Å². The molecule has 0 fully saturated rings. The Kier molecular flexibility index (Phi) is 2.69. The first-order chi connectivity index (χ1) is 6.13. The third-order valence-electron chi connectivity index (χ3n) is 1.48. The number of nitrogen functional groups attached to an aromatic ring is 1. The van der Waals surface area contributed by atoms with Crippen molar-refractivity contribution in [2.24, 2.45) is 0 Å². The van der Waals surface area contributed by atoms with Crippen molar-refractivity contribution in [2.75, 3.05) is 18.1 Å². The number of hydrogen-bond acceptors (Lipinski definition) is 2. The molecule has 13 heavy (non-hydrogen) atoms. The van der Waals surface area contributed by atoms with Gasteiger partial charge >= 0.3 is 6.03 Å². The van der Waals surface area contributed by atoms with Crippen LogP contribution >= 0.6 is 0 Å². The van der Waals surface area contributed by atoms with Gasteiger partial charge in [-0.05, 0) is 18.2 Å². The SMILES string of the molecule is CNC(=O)Nc1ccc(F)c(N)c1. The Morgan fingerprint density at radius 2 is 2.23 bits per heavy atom. The van der Waals surface area contributed by atoms with Gasteiger partial charge in [-0.2, -0.15) is 0 Å². The van der Waals surface area contributed by atoms with Crippen LogP contribution in [0, 0.1) is 5.82 Å². The number of nitrogens with two attached hydrogens (primary N) is 1. The van der Waals surface area contributed by atoms with Crippen LogP contribution in [0.15, 0.2) is 18.2 Å². The van der Waals surface area contributed by atoms with Gasteiger partial charge in [0.25, 0.3) is 0 Å². The quantitative estimate of drug-likeness (QED) is 0.572. The summed E-state index contributed by atoms with van der Waals surface area (Å²) < 4.78 is 12.7.